The van der Waals surface area contributed by atoms with E-state index < -0.39 is 0 Å². The van der Waals surface area contributed by atoms with Gasteiger partial charge < -0.3 is 15.1 Å². The summed E-state index contributed by atoms with van der Waals surface area (Å²) in [5.74, 6) is 0.879. The zero-order valence-electron chi connectivity index (χ0n) is 15.9. The molecule has 2 fully saturated rings. The van der Waals surface area contributed by atoms with E-state index in [2.05, 4.69) is 32.2 Å². The molecule has 0 spiro atoms. The number of amides is 1. The van der Waals surface area contributed by atoms with Gasteiger partial charge in [0.1, 0.15) is 5.82 Å². The minimum Gasteiger partial charge on any atom is -0.352 e. The van der Waals surface area contributed by atoms with Gasteiger partial charge in [-0.25, -0.2) is 4.98 Å². The normalized spacial score (nSPS) is 21.1. The third-order valence-corrected chi connectivity index (χ3v) is 5.78. The summed E-state index contributed by atoms with van der Waals surface area (Å²) in [4.78, 5) is 21.4. The lowest BCUT2D eigenvalue weighted by Crippen LogP contribution is -2.48. The number of carbonyl (C=O) groups excluding carboxylic acids is 1. The topological polar surface area (TPSA) is 66.3 Å². The highest BCUT2D eigenvalue weighted by atomic mass is 16.1. The van der Waals surface area contributed by atoms with Crippen molar-refractivity contribution in [3.05, 3.63) is 42.4 Å². The number of hydrogen-bond acceptors (Lipinski definition) is 5. The Bertz CT molecular complexity index is 738. The Morgan fingerprint density at radius 3 is 2.89 bits per heavy atom. The molecule has 1 N–H and O–H groups in total. The fourth-order valence-corrected chi connectivity index (χ4v) is 3.98. The molecule has 1 atom stereocenters. The first-order valence-electron chi connectivity index (χ1n) is 9.89. The van der Waals surface area contributed by atoms with Gasteiger partial charge in [-0.3, -0.25) is 9.48 Å². The Morgan fingerprint density at radius 2 is 2.19 bits per heavy atom. The lowest BCUT2D eigenvalue weighted by Gasteiger charge is -2.40. The van der Waals surface area contributed by atoms with E-state index in [1.807, 2.05) is 29.1 Å². The molecular formula is C20H28N6O. The second-order valence-electron chi connectivity index (χ2n) is 7.62. The highest BCUT2D eigenvalue weighted by molar-refractivity contribution is 5.94. The van der Waals surface area contributed by atoms with Crippen LogP contribution in [0.4, 0.5) is 5.82 Å². The molecule has 0 bridgehead atoms. The Morgan fingerprint density at radius 1 is 1.30 bits per heavy atom. The van der Waals surface area contributed by atoms with Crippen molar-refractivity contribution < 1.29 is 4.79 Å². The largest absolute Gasteiger partial charge is 0.352 e. The number of carbonyl (C=O) groups is 1. The lowest BCUT2D eigenvalue weighted by atomic mass is 10.0. The van der Waals surface area contributed by atoms with Crippen molar-refractivity contribution in [1.29, 1.82) is 0 Å². The summed E-state index contributed by atoms with van der Waals surface area (Å²) in [6, 6.07) is 6.74. The Kier molecular flexibility index (Phi) is 5.38. The van der Waals surface area contributed by atoms with Crippen LogP contribution in [0.25, 0.3) is 0 Å². The Labute approximate surface area is 160 Å². The maximum absolute atomic E-state index is 12.4. The predicted molar refractivity (Wildman–Crippen MR) is 105 cm³/mol. The molecule has 7 nitrogen and oxygen atoms in total. The van der Waals surface area contributed by atoms with Crippen LogP contribution in [0, 0.1) is 0 Å². The summed E-state index contributed by atoms with van der Waals surface area (Å²) in [7, 11) is 2.18. The SMILES string of the molecule is CN1CCCCC1CCNC(=O)c1ccc(N2CC(n3cccn3)C2)nc1. The van der Waals surface area contributed by atoms with Crippen LogP contribution >= 0.6 is 0 Å². The number of rotatable bonds is 6. The number of nitrogens with zero attached hydrogens (tertiary/aromatic N) is 5. The van der Waals surface area contributed by atoms with Crippen LogP contribution in [-0.2, 0) is 0 Å². The number of likely N-dealkylation sites (tertiary alicyclic amines) is 1. The van der Waals surface area contributed by atoms with E-state index in [4.69, 9.17) is 0 Å². The maximum atomic E-state index is 12.4. The third kappa shape index (κ3) is 4.13. The van der Waals surface area contributed by atoms with Crippen molar-refractivity contribution in [2.75, 3.05) is 38.1 Å². The lowest BCUT2D eigenvalue weighted by molar-refractivity contribution is 0.0945. The van der Waals surface area contributed by atoms with Crippen molar-refractivity contribution in [1.82, 2.24) is 25.0 Å². The summed E-state index contributed by atoms with van der Waals surface area (Å²) in [5, 5.41) is 7.32. The second kappa shape index (κ2) is 8.08. The standard InChI is InChI=1S/C20H28N6O/c1-24-11-3-2-5-17(24)8-10-21-20(27)16-6-7-19(22-13-16)25-14-18(15-25)26-12-4-9-23-26/h4,6-7,9,12-13,17-18H,2-3,5,8,10-11,14-15H2,1H3,(H,21,27). The van der Waals surface area contributed by atoms with Gasteiger partial charge in [0.05, 0.1) is 11.6 Å². The number of hydrogen-bond donors (Lipinski definition) is 1. The summed E-state index contributed by atoms with van der Waals surface area (Å²) < 4.78 is 1.99. The number of pyridine rings is 1. The van der Waals surface area contributed by atoms with Crippen LogP contribution in [0.5, 0.6) is 0 Å². The minimum absolute atomic E-state index is 0.0365. The quantitative estimate of drug-likeness (QED) is 0.844. The highest BCUT2D eigenvalue weighted by Gasteiger charge is 2.29. The van der Waals surface area contributed by atoms with Crippen LogP contribution < -0.4 is 10.2 Å². The van der Waals surface area contributed by atoms with Crippen molar-refractivity contribution in [3.63, 3.8) is 0 Å². The van der Waals surface area contributed by atoms with Gasteiger partial charge in [0, 0.05) is 44.3 Å². The molecule has 2 aromatic heterocycles. The third-order valence-electron chi connectivity index (χ3n) is 5.78. The molecule has 4 rings (SSSR count). The monoisotopic (exact) mass is 368 g/mol. The highest BCUT2D eigenvalue weighted by Crippen LogP contribution is 2.25. The Balaban J connectivity index is 1.23. The van der Waals surface area contributed by atoms with Crippen molar-refractivity contribution in [3.8, 4) is 0 Å². The van der Waals surface area contributed by atoms with Crippen LogP contribution in [-0.4, -0.2) is 64.8 Å². The smallest absolute Gasteiger partial charge is 0.252 e. The van der Waals surface area contributed by atoms with E-state index in [1.54, 1.807) is 12.4 Å². The molecule has 0 radical (unpaired) electrons. The Hall–Kier alpha value is -2.41. The fraction of sp³-hybridized carbons (Fsp3) is 0.550. The first-order valence-corrected chi connectivity index (χ1v) is 9.89. The van der Waals surface area contributed by atoms with E-state index in [1.165, 1.54) is 25.8 Å². The molecule has 2 saturated heterocycles. The molecule has 4 heterocycles. The first-order chi connectivity index (χ1) is 13.2. The molecule has 1 unspecified atom stereocenters. The van der Waals surface area contributed by atoms with Gasteiger partial charge in [-0.2, -0.15) is 5.10 Å². The molecule has 0 aromatic carbocycles. The van der Waals surface area contributed by atoms with Gasteiger partial charge >= 0.3 is 0 Å². The van der Waals surface area contributed by atoms with Crippen LogP contribution in [0.15, 0.2) is 36.8 Å². The summed E-state index contributed by atoms with van der Waals surface area (Å²) in [6.45, 7) is 3.68. The van der Waals surface area contributed by atoms with E-state index in [0.717, 1.165) is 25.3 Å². The van der Waals surface area contributed by atoms with Crippen LogP contribution in [0.1, 0.15) is 42.1 Å². The molecule has 0 aliphatic carbocycles. The molecule has 2 aliphatic heterocycles. The van der Waals surface area contributed by atoms with Crippen molar-refractivity contribution >= 4 is 11.7 Å². The molecule has 2 aromatic rings. The summed E-state index contributed by atoms with van der Waals surface area (Å²) in [5.41, 5.74) is 0.625. The van der Waals surface area contributed by atoms with Crippen molar-refractivity contribution in [2.24, 2.45) is 0 Å². The molecule has 2 aliphatic rings. The van der Waals surface area contributed by atoms with E-state index in [9.17, 15) is 4.79 Å². The van der Waals surface area contributed by atoms with E-state index >= 15 is 0 Å². The maximum Gasteiger partial charge on any atom is 0.252 e. The zero-order valence-corrected chi connectivity index (χ0v) is 15.9. The molecule has 1 amide bonds. The average Bonchev–Trinajstić information content (AvgIpc) is 3.17. The van der Waals surface area contributed by atoms with Gasteiger partial charge in [0.25, 0.3) is 5.91 Å². The van der Waals surface area contributed by atoms with Gasteiger partial charge in [-0.1, -0.05) is 6.42 Å². The van der Waals surface area contributed by atoms with Gasteiger partial charge in [0.2, 0.25) is 0 Å². The predicted octanol–water partition coefficient (Wildman–Crippen LogP) is 1.94. The molecule has 27 heavy (non-hydrogen) atoms. The fourth-order valence-electron chi connectivity index (χ4n) is 3.98. The molecular weight excluding hydrogens is 340 g/mol. The van der Waals surface area contributed by atoms with Gasteiger partial charge in [-0.15, -0.1) is 0 Å². The van der Waals surface area contributed by atoms with Crippen LogP contribution in [0.3, 0.4) is 0 Å². The summed E-state index contributed by atoms with van der Waals surface area (Å²) in [6.07, 6.45) is 10.3. The molecule has 0 saturated carbocycles. The zero-order chi connectivity index (χ0) is 18.6. The second-order valence-corrected chi connectivity index (χ2v) is 7.62. The van der Waals surface area contributed by atoms with Gasteiger partial charge in [0.15, 0.2) is 0 Å². The number of anilines is 1. The first kappa shape index (κ1) is 18.0. The number of nitrogens with one attached hydrogen (secondary N) is 1. The van der Waals surface area contributed by atoms with Gasteiger partial charge in [-0.05, 0) is 51.1 Å². The van der Waals surface area contributed by atoms with E-state index in [0.29, 0.717) is 24.2 Å². The van der Waals surface area contributed by atoms with Crippen LogP contribution in [0.2, 0.25) is 0 Å². The number of piperidine rings is 1. The summed E-state index contributed by atoms with van der Waals surface area (Å²) >= 11 is 0. The number of aromatic nitrogens is 3. The average molecular weight is 368 g/mol. The van der Waals surface area contributed by atoms with Crippen molar-refractivity contribution in [2.45, 2.75) is 37.8 Å². The molecule has 7 heteroatoms. The van der Waals surface area contributed by atoms with E-state index in [-0.39, 0.29) is 5.91 Å². The molecule has 144 valence electrons. The minimum atomic E-state index is -0.0365.